The molecular formula is C18H14INO3S. The summed E-state index contributed by atoms with van der Waals surface area (Å²) in [6, 6.07) is 15.4. The van der Waals surface area contributed by atoms with Crippen LogP contribution in [0, 0.1) is 10.5 Å². The van der Waals surface area contributed by atoms with Crippen LogP contribution in [0.3, 0.4) is 0 Å². The molecule has 0 unspecified atom stereocenters. The third kappa shape index (κ3) is 3.16. The van der Waals surface area contributed by atoms with E-state index in [0.29, 0.717) is 11.1 Å². The van der Waals surface area contributed by atoms with Gasteiger partial charge >= 0.3 is 0 Å². The molecule has 1 heterocycles. The minimum absolute atomic E-state index is 0.192. The topological polar surface area (TPSA) is 56.1 Å². The molecule has 122 valence electrons. The van der Waals surface area contributed by atoms with E-state index in [4.69, 9.17) is 0 Å². The van der Waals surface area contributed by atoms with Crippen molar-refractivity contribution < 1.29 is 13.2 Å². The standard InChI is InChI=1S/C18H14INO3S/c1-13-6-8-15(9-7-13)24(22,23)20-11-10-14(12-20)18(21)16-4-2-3-5-17(16)19/h2-12H,1H3. The predicted molar refractivity (Wildman–Crippen MR) is 101 cm³/mol. The van der Waals surface area contributed by atoms with Crippen molar-refractivity contribution in [2.24, 2.45) is 0 Å². The zero-order valence-corrected chi connectivity index (χ0v) is 15.8. The third-order valence-electron chi connectivity index (χ3n) is 3.64. The summed E-state index contributed by atoms with van der Waals surface area (Å²) in [6.07, 6.45) is 2.76. The van der Waals surface area contributed by atoms with Crippen LogP contribution in [0.5, 0.6) is 0 Å². The number of hydrogen-bond acceptors (Lipinski definition) is 3. The van der Waals surface area contributed by atoms with Gasteiger partial charge in [0.1, 0.15) is 0 Å². The van der Waals surface area contributed by atoms with Crippen LogP contribution in [0.4, 0.5) is 0 Å². The lowest BCUT2D eigenvalue weighted by Gasteiger charge is -2.06. The molecule has 4 nitrogen and oxygen atoms in total. The summed E-state index contributed by atoms with van der Waals surface area (Å²) in [7, 11) is -3.70. The van der Waals surface area contributed by atoms with Crippen molar-refractivity contribution in [3.05, 3.63) is 87.3 Å². The Bertz CT molecular complexity index is 1000. The highest BCUT2D eigenvalue weighted by atomic mass is 127. The number of carbonyl (C=O) groups is 1. The first kappa shape index (κ1) is 16.9. The monoisotopic (exact) mass is 451 g/mol. The maximum absolute atomic E-state index is 12.6. The summed E-state index contributed by atoms with van der Waals surface area (Å²) >= 11 is 2.09. The number of halogens is 1. The van der Waals surface area contributed by atoms with Gasteiger partial charge in [0, 0.05) is 27.1 Å². The van der Waals surface area contributed by atoms with Gasteiger partial charge in [-0.15, -0.1) is 0 Å². The predicted octanol–water partition coefficient (Wildman–Crippen LogP) is 3.87. The Morgan fingerprint density at radius 3 is 2.33 bits per heavy atom. The highest BCUT2D eigenvalue weighted by Crippen LogP contribution is 2.20. The van der Waals surface area contributed by atoms with Crippen LogP contribution in [-0.2, 0) is 10.0 Å². The quantitative estimate of drug-likeness (QED) is 0.447. The van der Waals surface area contributed by atoms with Gasteiger partial charge in [-0.25, -0.2) is 12.4 Å². The Labute approximate surface area is 154 Å². The lowest BCUT2D eigenvalue weighted by Crippen LogP contribution is -2.11. The summed E-state index contributed by atoms with van der Waals surface area (Å²) in [5, 5.41) is 0. The SMILES string of the molecule is Cc1ccc(S(=O)(=O)n2ccc(C(=O)c3ccccc3I)c2)cc1. The van der Waals surface area contributed by atoms with Gasteiger partial charge in [-0.1, -0.05) is 29.8 Å². The lowest BCUT2D eigenvalue weighted by molar-refractivity contribution is 0.103. The van der Waals surface area contributed by atoms with Gasteiger partial charge in [0.25, 0.3) is 10.0 Å². The first-order chi connectivity index (χ1) is 11.4. The molecule has 0 fully saturated rings. The molecule has 2 aromatic carbocycles. The first-order valence-corrected chi connectivity index (χ1v) is 9.71. The molecule has 0 N–H and O–H groups in total. The van der Waals surface area contributed by atoms with Gasteiger partial charge in [0.2, 0.25) is 0 Å². The lowest BCUT2D eigenvalue weighted by atomic mass is 10.1. The maximum atomic E-state index is 12.6. The van der Waals surface area contributed by atoms with Gasteiger partial charge in [0.15, 0.2) is 5.78 Å². The summed E-state index contributed by atoms with van der Waals surface area (Å²) in [5.41, 5.74) is 1.88. The normalized spacial score (nSPS) is 11.4. The molecule has 0 radical (unpaired) electrons. The molecule has 0 aliphatic rings. The van der Waals surface area contributed by atoms with Gasteiger partial charge in [-0.3, -0.25) is 4.79 Å². The maximum Gasteiger partial charge on any atom is 0.267 e. The highest BCUT2D eigenvalue weighted by molar-refractivity contribution is 14.1. The summed E-state index contributed by atoms with van der Waals surface area (Å²) < 4.78 is 27.2. The van der Waals surface area contributed by atoms with E-state index in [0.717, 1.165) is 13.1 Å². The number of nitrogens with zero attached hydrogens (tertiary/aromatic N) is 1. The van der Waals surface area contributed by atoms with Crippen molar-refractivity contribution in [3.8, 4) is 0 Å². The zero-order valence-electron chi connectivity index (χ0n) is 12.8. The smallest absolute Gasteiger partial charge is 0.267 e. The second kappa shape index (κ2) is 6.52. The highest BCUT2D eigenvalue weighted by Gasteiger charge is 2.19. The molecule has 0 atom stereocenters. The van der Waals surface area contributed by atoms with Crippen molar-refractivity contribution in [1.29, 1.82) is 0 Å². The van der Waals surface area contributed by atoms with Crippen LogP contribution in [0.2, 0.25) is 0 Å². The number of benzene rings is 2. The van der Waals surface area contributed by atoms with Crippen molar-refractivity contribution in [2.75, 3.05) is 0 Å². The second-order valence-electron chi connectivity index (χ2n) is 5.36. The van der Waals surface area contributed by atoms with E-state index < -0.39 is 10.0 Å². The van der Waals surface area contributed by atoms with Crippen LogP contribution in [-0.4, -0.2) is 18.2 Å². The van der Waals surface area contributed by atoms with Gasteiger partial charge < -0.3 is 0 Å². The van der Waals surface area contributed by atoms with E-state index in [1.807, 2.05) is 19.1 Å². The average molecular weight is 451 g/mol. The largest absolute Gasteiger partial charge is 0.289 e. The Morgan fingerprint density at radius 1 is 1.00 bits per heavy atom. The van der Waals surface area contributed by atoms with E-state index in [1.165, 1.54) is 18.5 Å². The van der Waals surface area contributed by atoms with Crippen molar-refractivity contribution in [2.45, 2.75) is 11.8 Å². The van der Waals surface area contributed by atoms with Crippen molar-refractivity contribution in [1.82, 2.24) is 3.97 Å². The van der Waals surface area contributed by atoms with E-state index in [-0.39, 0.29) is 10.7 Å². The number of aryl methyl sites for hydroxylation is 1. The summed E-state index contributed by atoms with van der Waals surface area (Å²) in [6.45, 7) is 1.89. The van der Waals surface area contributed by atoms with Crippen LogP contribution in [0.25, 0.3) is 0 Å². The minimum atomic E-state index is -3.70. The fourth-order valence-electron chi connectivity index (χ4n) is 2.29. The number of hydrogen-bond donors (Lipinski definition) is 0. The number of carbonyl (C=O) groups excluding carboxylic acids is 1. The minimum Gasteiger partial charge on any atom is -0.289 e. The van der Waals surface area contributed by atoms with E-state index in [9.17, 15) is 13.2 Å². The average Bonchev–Trinajstić information content (AvgIpc) is 3.06. The molecule has 3 rings (SSSR count). The molecule has 0 bridgehead atoms. The number of rotatable bonds is 4. The molecule has 1 aromatic heterocycles. The van der Waals surface area contributed by atoms with Crippen molar-refractivity contribution >= 4 is 38.4 Å². The third-order valence-corrected chi connectivity index (χ3v) is 6.24. The molecule has 0 aliphatic carbocycles. The first-order valence-electron chi connectivity index (χ1n) is 7.19. The Hall–Kier alpha value is -1.93. The Kier molecular flexibility index (Phi) is 4.60. The number of ketones is 1. The summed E-state index contributed by atoms with van der Waals surface area (Å²) in [5.74, 6) is -0.196. The fourth-order valence-corrected chi connectivity index (χ4v) is 4.12. The molecule has 0 saturated heterocycles. The van der Waals surface area contributed by atoms with E-state index in [1.54, 1.807) is 36.4 Å². The van der Waals surface area contributed by atoms with Crippen molar-refractivity contribution in [3.63, 3.8) is 0 Å². The Morgan fingerprint density at radius 2 is 1.67 bits per heavy atom. The van der Waals surface area contributed by atoms with Crippen LogP contribution < -0.4 is 0 Å². The molecule has 24 heavy (non-hydrogen) atoms. The molecule has 0 aliphatic heterocycles. The second-order valence-corrected chi connectivity index (χ2v) is 8.36. The van der Waals surface area contributed by atoms with Gasteiger partial charge in [-0.05, 0) is 59.8 Å². The van der Waals surface area contributed by atoms with Crippen LogP contribution in [0.15, 0.2) is 71.9 Å². The molecule has 0 saturated carbocycles. The molecule has 6 heteroatoms. The molecule has 3 aromatic rings. The Balaban J connectivity index is 1.97. The van der Waals surface area contributed by atoms with Gasteiger partial charge in [0.05, 0.1) is 4.90 Å². The number of aromatic nitrogens is 1. The molecule has 0 spiro atoms. The van der Waals surface area contributed by atoms with Crippen LogP contribution >= 0.6 is 22.6 Å². The molecular weight excluding hydrogens is 437 g/mol. The molecule has 0 amide bonds. The van der Waals surface area contributed by atoms with E-state index >= 15 is 0 Å². The zero-order chi connectivity index (χ0) is 17.3. The van der Waals surface area contributed by atoms with E-state index in [2.05, 4.69) is 22.6 Å². The van der Waals surface area contributed by atoms with Crippen LogP contribution in [0.1, 0.15) is 21.5 Å². The van der Waals surface area contributed by atoms with Gasteiger partial charge in [-0.2, -0.15) is 0 Å². The fraction of sp³-hybridized carbons (Fsp3) is 0.0556. The summed E-state index contributed by atoms with van der Waals surface area (Å²) in [4.78, 5) is 12.8.